The van der Waals surface area contributed by atoms with Gasteiger partial charge in [0.15, 0.2) is 0 Å². The molecule has 0 aromatic carbocycles. The van der Waals surface area contributed by atoms with Crippen molar-refractivity contribution < 1.29 is 19.1 Å². The lowest BCUT2D eigenvalue weighted by molar-refractivity contribution is -0.162. The Morgan fingerprint density at radius 1 is 0.526 bits per heavy atom. The molecule has 226 valence electrons. The zero-order chi connectivity index (χ0) is 30.3. The van der Waals surface area contributed by atoms with Crippen LogP contribution >= 0.6 is 0 Å². The summed E-state index contributed by atoms with van der Waals surface area (Å²) in [6, 6.07) is 5.07. The van der Waals surface area contributed by atoms with Crippen molar-refractivity contribution in [1.82, 2.24) is 8.46 Å². The van der Waals surface area contributed by atoms with Gasteiger partial charge in [-0.25, -0.2) is 0 Å². The molecule has 0 aliphatic heterocycles. The highest BCUT2D eigenvalue weighted by molar-refractivity contribution is 6.93. The fourth-order valence-corrected chi connectivity index (χ4v) is 30.6. The summed E-state index contributed by atoms with van der Waals surface area (Å²) in [7, 11) is -8.45. The number of rotatable bonds is 17. The van der Waals surface area contributed by atoms with E-state index in [4.69, 9.17) is 9.47 Å². The Morgan fingerprint density at radius 3 is 0.947 bits per heavy atom. The normalized spacial score (nSPS) is 15.4. The molecule has 0 fully saturated rings. The van der Waals surface area contributed by atoms with Gasteiger partial charge in [-0.3, -0.25) is 9.59 Å². The van der Waals surface area contributed by atoms with Gasteiger partial charge in [-0.1, -0.05) is 80.8 Å². The third-order valence-electron chi connectivity index (χ3n) is 8.46. The van der Waals surface area contributed by atoms with E-state index in [-0.39, 0.29) is 24.1 Å². The third kappa shape index (κ3) is 8.86. The fraction of sp³-hybridized carbons (Fsp3) is 0.929. The van der Waals surface area contributed by atoms with Gasteiger partial charge in [-0.15, -0.1) is 0 Å². The highest BCUT2D eigenvalue weighted by atomic mass is 28.4. The molecule has 2 unspecified atom stereocenters. The van der Waals surface area contributed by atoms with Gasteiger partial charge in [0.1, 0.15) is 45.0 Å². The van der Waals surface area contributed by atoms with E-state index in [2.05, 4.69) is 89.3 Å². The second-order valence-corrected chi connectivity index (χ2v) is 34.2. The van der Waals surface area contributed by atoms with Gasteiger partial charge in [0, 0.05) is 0 Å². The molecule has 38 heavy (non-hydrogen) atoms. The van der Waals surface area contributed by atoms with Gasteiger partial charge >= 0.3 is 11.9 Å². The minimum Gasteiger partial charge on any atom is -0.462 e. The smallest absolute Gasteiger partial charge is 0.324 e. The first kappa shape index (κ1) is 37.7. The second kappa shape index (κ2) is 15.1. The van der Waals surface area contributed by atoms with Crippen LogP contribution in [0.3, 0.4) is 0 Å². The molecule has 2 atom stereocenters. The number of nitrogens with zero attached hydrogens (tertiary/aromatic N) is 2. The Balaban J connectivity index is 8.07. The number of esters is 2. The highest BCUT2D eigenvalue weighted by Crippen LogP contribution is 2.41. The first-order valence-corrected chi connectivity index (χ1v) is 27.3. The van der Waals surface area contributed by atoms with Crippen molar-refractivity contribution in [3.05, 3.63) is 0 Å². The molecular formula is C28H64N2O4Si4. The van der Waals surface area contributed by atoms with Crippen LogP contribution in [0, 0.1) is 0 Å². The summed E-state index contributed by atoms with van der Waals surface area (Å²) in [6.07, 6.45) is -0.496. The molecule has 6 nitrogen and oxygen atoms in total. The van der Waals surface area contributed by atoms with Crippen molar-refractivity contribution in [2.75, 3.05) is 0 Å². The Morgan fingerprint density at radius 2 is 0.763 bits per heavy atom. The summed E-state index contributed by atoms with van der Waals surface area (Å²) >= 11 is 0. The molecule has 0 aliphatic rings. The molecule has 0 aromatic rings. The molecule has 0 radical (unpaired) electrons. The molecule has 0 N–H and O–H groups in total. The molecule has 0 rings (SSSR count). The molecule has 0 heterocycles. The van der Waals surface area contributed by atoms with Gasteiger partial charge in [-0.2, -0.15) is 0 Å². The van der Waals surface area contributed by atoms with Crippen molar-refractivity contribution in [1.29, 1.82) is 0 Å². The Hall–Kier alpha value is -0.272. The van der Waals surface area contributed by atoms with Crippen LogP contribution in [0.2, 0.25) is 75.5 Å². The maximum Gasteiger partial charge on any atom is 0.324 e. The SMILES string of the molecule is CC[Si](CC)(CC)N(C(C(=O)OC(C)C)C(C(=O)OC(C)C)N([Si](C)(C)C)[Si](C)(C)C)[Si](CC)(CC)CC. The Bertz CT molecular complexity index is 692. The van der Waals surface area contributed by atoms with Crippen LogP contribution < -0.4 is 0 Å². The van der Waals surface area contributed by atoms with Crippen LogP contribution in [0.15, 0.2) is 0 Å². The lowest BCUT2D eigenvalue weighted by Crippen LogP contribution is -2.78. The van der Waals surface area contributed by atoms with Gasteiger partial charge in [0.25, 0.3) is 0 Å². The van der Waals surface area contributed by atoms with Crippen LogP contribution in [0.4, 0.5) is 0 Å². The second-order valence-electron chi connectivity index (χ2n) is 13.5. The fourth-order valence-electron chi connectivity index (χ4n) is 6.81. The number of hydrogen-bond acceptors (Lipinski definition) is 6. The van der Waals surface area contributed by atoms with E-state index in [1.54, 1.807) is 0 Å². The van der Waals surface area contributed by atoms with Crippen molar-refractivity contribution in [2.24, 2.45) is 0 Å². The first-order chi connectivity index (χ1) is 17.3. The van der Waals surface area contributed by atoms with Gasteiger partial charge < -0.3 is 17.9 Å². The highest BCUT2D eigenvalue weighted by Gasteiger charge is 2.58. The number of carbonyl (C=O) groups excluding carboxylic acids is 2. The molecule has 0 saturated heterocycles. The van der Waals surface area contributed by atoms with Crippen LogP contribution in [0.1, 0.15) is 69.2 Å². The van der Waals surface area contributed by atoms with Crippen molar-refractivity contribution in [3.63, 3.8) is 0 Å². The van der Waals surface area contributed by atoms with E-state index in [0.29, 0.717) is 0 Å². The average molecular weight is 605 g/mol. The van der Waals surface area contributed by atoms with E-state index in [0.717, 1.165) is 36.3 Å². The zero-order valence-electron chi connectivity index (χ0n) is 28.1. The monoisotopic (exact) mass is 604 g/mol. The van der Waals surface area contributed by atoms with Crippen molar-refractivity contribution in [3.8, 4) is 0 Å². The topological polar surface area (TPSA) is 59.1 Å². The van der Waals surface area contributed by atoms with Crippen molar-refractivity contribution >= 4 is 44.9 Å². The van der Waals surface area contributed by atoms with Crippen LogP contribution in [-0.4, -0.2) is 77.6 Å². The minimum absolute atomic E-state index is 0.230. The predicted octanol–water partition coefficient (Wildman–Crippen LogP) is 7.91. The van der Waals surface area contributed by atoms with E-state index in [9.17, 15) is 9.59 Å². The third-order valence-corrected chi connectivity index (χ3v) is 29.3. The maximum absolute atomic E-state index is 14.6. The largest absolute Gasteiger partial charge is 0.462 e. The standard InChI is InChI=1S/C28H64N2O4Si4/c1-17-37(18-2,19-3)30(38(20-4,21-5)22-6)26(28(32)34-24(9)10)25(27(31)33-23(7)8)29(35(11,12)13)36(14,15)16/h23-26H,17-22H2,1-16H3. The van der Waals surface area contributed by atoms with E-state index in [1.165, 1.54) is 0 Å². The van der Waals surface area contributed by atoms with E-state index < -0.39 is 45.0 Å². The average Bonchev–Trinajstić information content (AvgIpc) is 2.78. The summed E-state index contributed by atoms with van der Waals surface area (Å²) in [4.78, 5) is 28.9. The summed E-state index contributed by atoms with van der Waals surface area (Å²) in [5.74, 6) is -0.482. The summed E-state index contributed by atoms with van der Waals surface area (Å²) in [5.41, 5.74) is 0. The number of ether oxygens (including phenoxy) is 2. The zero-order valence-corrected chi connectivity index (χ0v) is 32.1. The lowest BCUT2D eigenvalue weighted by Gasteiger charge is -2.59. The Labute approximate surface area is 241 Å². The predicted molar refractivity (Wildman–Crippen MR) is 175 cm³/mol. The number of hydrogen-bond donors (Lipinski definition) is 0. The molecular weight excluding hydrogens is 541 g/mol. The summed E-state index contributed by atoms with van der Waals surface area (Å²) in [5, 5.41) is 0. The maximum atomic E-state index is 14.6. The molecule has 0 spiro atoms. The van der Waals surface area contributed by atoms with Gasteiger partial charge in [0.05, 0.1) is 12.2 Å². The molecule has 0 saturated carbocycles. The van der Waals surface area contributed by atoms with E-state index >= 15 is 0 Å². The molecule has 10 heteroatoms. The van der Waals surface area contributed by atoms with E-state index in [1.807, 2.05) is 27.7 Å². The quantitative estimate of drug-likeness (QED) is 0.124. The Kier molecular flexibility index (Phi) is 15.0. The molecule has 0 aromatic heterocycles. The van der Waals surface area contributed by atoms with Gasteiger partial charge in [0.2, 0.25) is 0 Å². The van der Waals surface area contributed by atoms with Crippen LogP contribution in [-0.2, 0) is 19.1 Å². The molecule has 0 bridgehead atoms. The van der Waals surface area contributed by atoms with Gasteiger partial charge in [-0.05, 0) is 64.0 Å². The van der Waals surface area contributed by atoms with Crippen LogP contribution in [0.25, 0.3) is 0 Å². The van der Waals surface area contributed by atoms with Crippen LogP contribution in [0.5, 0.6) is 0 Å². The summed E-state index contributed by atoms with van der Waals surface area (Å²) < 4.78 is 17.5. The summed E-state index contributed by atoms with van der Waals surface area (Å²) in [6.45, 7) is 35.4. The first-order valence-electron chi connectivity index (χ1n) is 15.3. The minimum atomic E-state index is -2.14. The molecule has 0 aliphatic carbocycles. The van der Waals surface area contributed by atoms with Crippen molar-refractivity contribution in [2.45, 2.75) is 169 Å². The lowest BCUT2D eigenvalue weighted by atomic mass is 10.1. The number of carbonyl (C=O) groups is 2. The molecule has 0 amide bonds.